The number of aromatic carboxylic acids is 1. The molecule has 1 N–H and O–H groups in total. The van der Waals surface area contributed by atoms with Crippen molar-refractivity contribution in [2.75, 3.05) is 0 Å². The number of hydrogen-bond acceptors (Lipinski definition) is 5. The normalized spacial score (nSPS) is 9.00. The van der Waals surface area contributed by atoms with Crippen LogP contribution in [-0.2, 0) is 0 Å². The number of nitro benzene ring substituents is 2. The summed E-state index contributed by atoms with van der Waals surface area (Å²) in [5, 5.41) is 29.3. The summed E-state index contributed by atoms with van der Waals surface area (Å²) < 4.78 is 0. The molecule has 0 aliphatic rings. The van der Waals surface area contributed by atoms with Gasteiger partial charge in [-0.3, -0.25) is 20.2 Å². The van der Waals surface area contributed by atoms with Crippen LogP contribution >= 0.6 is 0 Å². The van der Waals surface area contributed by atoms with Gasteiger partial charge >= 0.3 is 36.2 Å². The maximum absolute atomic E-state index is 10.5. The van der Waals surface area contributed by atoms with Crippen LogP contribution in [0.5, 0.6) is 0 Å². The van der Waals surface area contributed by atoms with E-state index in [1.54, 1.807) is 0 Å². The first-order valence-electron chi connectivity index (χ1n) is 3.59. The summed E-state index contributed by atoms with van der Waals surface area (Å²) in [6.07, 6.45) is 0. The molecular weight excluding hydrogens is 215 g/mol. The second-order valence-corrected chi connectivity index (χ2v) is 2.52. The van der Waals surface area contributed by atoms with Crippen molar-refractivity contribution in [3.63, 3.8) is 0 Å². The molecule has 1 rings (SSSR count). The summed E-state index contributed by atoms with van der Waals surface area (Å²) in [5.74, 6) is -1.38. The topological polar surface area (TPSA) is 124 Å². The zero-order valence-corrected chi connectivity index (χ0v) is 7.11. The molecular formula is C7H5LiN2O6. The fourth-order valence-electron chi connectivity index (χ4n) is 0.957. The minimum atomic E-state index is -1.38. The van der Waals surface area contributed by atoms with Gasteiger partial charge in [-0.1, -0.05) is 0 Å². The summed E-state index contributed by atoms with van der Waals surface area (Å²) in [6, 6.07) is 2.38. The maximum atomic E-state index is 10.5. The molecule has 0 radical (unpaired) electrons. The Bertz CT molecular complexity index is 460. The molecule has 0 aliphatic heterocycles. The van der Waals surface area contributed by atoms with Gasteiger partial charge in [0.15, 0.2) is 0 Å². The molecule has 0 atom stereocenters. The second kappa shape index (κ2) is 5.25. The first kappa shape index (κ1) is 14.1. The van der Waals surface area contributed by atoms with E-state index >= 15 is 0 Å². The van der Waals surface area contributed by atoms with E-state index in [1.165, 1.54) is 0 Å². The van der Waals surface area contributed by atoms with Crippen molar-refractivity contribution in [2.24, 2.45) is 0 Å². The molecule has 1 aromatic rings. The fourth-order valence-corrected chi connectivity index (χ4v) is 0.957. The van der Waals surface area contributed by atoms with Crippen molar-refractivity contribution in [3.8, 4) is 0 Å². The Balaban J connectivity index is 0.00000225. The van der Waals surface area contributed by atoms with Crippen molar-refractivity contribution in [1.82, 2.24) is 0 Å². The molecule has 1 aromatic carbocycles. The number of nitro groups is 2. The molecule has 0 aliphatic carbocycles. The Kier molecular flexibility index (Phi) is 4.62. The Labute approximate surface area is 100 Å². The van der Waals surface area contributed by atoms with Crippen molar-refractivity contribution in [2.45, 2.75) is 0 Å². The quantitative estimate of drug-likeness (QED) is 0.450. The molecule has 8 nitrogen and oxygen atoms in total. The van der Waals surface area contributed by atoms with Gasteiger partial charge in [0, 0.05) is 12.1 Å². The molecule has 9 heteroatoms. The van der Waals surface area contributed by atoms with Gasteiger partial charge in [0.2, 0.25) is 0 Å². The predicted octanol–water partition coefficient (Wildman–Crippen LogP) is 0.553. The van der Waals surface area contributed by atoms with Crippen LogP contribution in [0.1, 0.15) is 10.4 Å². The third kappa shape index (κ3) is 2.79. The average molecular weight is 220 g/mol. The van der Waals surface area contributed by atoms with Crippen LogP contribution in [0, 0.1) is 20.2 Å². The van der Waals surface area contributed by atoms with Gasteiger partial charge < -0.3 is 5.11 Å². The van der Waals surface area contributed by atoms with Crippen molar-refractivity contribution in [1.29, 1.82) is 0 Å². The summed E-state index contributed by atoms with van der Waals surface area (Å²) >= 11 is 0. The Morgan fingerprint density at radius 2 is 1.62 bits per heavy atom. The molecule has 0 fully saturated rings. The van der Waals surface area contributed by atoms with E-state index in [1.807, 2.05) is 0 Å². The van der Waals surface area contributed by atoms with Gasteiger partial charge in [0.1, 0.15) is 0 Å². The Hall–Kier alpha value is -1.91. The summed E-state index contributed by atoms with van der Waals surface area (Å²) in [7, 11) is 0. The number of carboxylic acid groups (broad SMARTS) is 1. The number of nitrogens with zero attached hydrogens (tertiary/aromatic N) is 2. The first-order chi connectivity index (χ1) is 6.93. The number of benzene rings is 1. The van der Waals surface area contributed by atoms with Gasteiger partial charge in [-0.2, -0.15) is 0 Å². The standard InChI is InChI=1S/C7H4N2O6.Li.H/c10-7(11)4-1-2-5(8(12)13)6(3-4)9(14)15;;/h1-3H,(H,10,11);;. The van der Waals surface area contributed by atoms with Gasteiger partial charge in [-0.25, -0.2) is 4.79 Å². The van der Waals surface area contributed by atoms with Gasteiger partial charge in [0.05, 0.1) is 15.4 Å². The second-order valence-electron chi connectivity index (χ2n) is 2.52. The van der Waals surface area contributed by atoms with Crippen LogP contribution in [0.4, 0.5) is 11.4 Å². The molecule has 0 aromatic heterocycles. The van der Waals surface area contributed by atoms with Crippen LogP contribution in [0.15, 0.2) is 18.2 Å². The minimum absolute atomic E-state index is 0. The third-order valence-electron chi connectivity index (χ3n) is 1.62. The molecule has 0 saturated heterocycles. The van der Waals surface area contributed by atoms with Crippen LogP contribution in [-0.4, -0.2) is 39.8 Å². The number of hydrogen-bond donors (Lipinski definition) is 1. The average Bonchev–Trinajstić information content (AvgIpc) is 2.16. The third-order valence-corrected chi connectivity index (χ3v) is 1.62. The van der Waals surface area contributed by atoms with Gasteiger partial charge in [-0.05, 0) is 6.07 Å². The zero-order chi connectivity index (χ0) is 11.6. The van der Waals surface area contributed by atoms with Crippen molar-refractivity contribution in [3.05, 3.63) is 44.0 Å². The van der Waals surface area contributed by atoms with E-state index in [2.05, 4.69) is 0 Å². The molecule has 80 valence electrons. The van der Waals surface area contributed by atoms with Crippen LogP contribution in [0.25, 0.3) is 0 Å². The predicted molar refractivity (Wildman–Crippen MR) is 53.9 cm³/mol. The van der Waals surface area contributed by atoms with E-state index in [-0.39, 0.29) is 24.4 Å². The number of rotatable bonds is 3. The van der Waals surface area contributed by atoms with E-state index in [4.69, 9.17) is 5.11 Å². The summed E-state index contributed by atoms with van der Waals surface area (Å²) in [6.45, 7) is 0. The molecule has 0 spiro atoms. The van der Waals surface area contributed by atoms with E-state index in [9.17, 15) is 25.0 Å². The SMILES string of the molecule is O=C(O)c1ccc([N+](=O)[O-])c([N+](=O)[O-])c1.[LiH]. The number of carbonyl (C=O) groups is 1. The summed E-state index contributed by atoms with van der Waals surface area (Å²) in [4.78, 5) is 29.3. The summed E-state index contributed by atoms with van der Waals surface area (Å²) in [5.41, 5.74) is -1.93. The van der Waals surface area contributed by atoms with Crippen LogP contribution in [0.2, 0.25) is 0 Å². The monoisotopic (exact) mass is 220 g/mol. The molecule has 0 unspecified atom stereocenters. The van der Waals surface area contributed by atoms with Crippen molar-refractivity contribution < 1.29 is 19.7 Å². The van der Waals surface area contributed by atoms with E-state index in [0.717, 1.165) is 12.1 Å². The molecule has 0 saturated carbocycles. The molecule has 0 amide bonds. The molecule has 0 bridgehead atoms. The number of carboxylic acids is 1. The molecule has 0 heterocycles. The van der Waals surface area contributed by atoms with E-state index in [0.29, 0.717) is 6.07 Å². The molecule has 16 heavy (non-hydrogen) atoms. The Morgan fingerprint density at radius 1 is 1.12 bits per heavy atom. The van der Waals surface area contributed by atoms with Gasteiger partial charge in [0.25, 0.3) is 0 Å². The van der Waals surface area contributed by atoms with Crippen molar-refractivity contribution >= 4 is 36.2 Å². The Morgan fingerprint density at radius 3 is 2.00 bits per heavy atom. The van der Waals surface area contributed by atoms with Crippen LogP contribution < -0.4 is 0 Å². The van der Waals surface area contributed by atoms with E-state index < -0.39 is 27.2 Å². The first-order valence-corrected chi connectivity index (χ1v) is 3.59. The fraction of sp³-hybridized carbons (Fsp3) is 0. The van der Waals surface area contributed by atoms with Crippen LogP contribution in [0.3, 0.4) is 0 Å². The zero-order valence-electron chi connectivity index (χ0n) is 7.11. The van der Waals surface area contributed by atoms with Gasteiger partial charge in [-0.15, -0.1) is 0 Å².